The van der Waals surface area contributed by atoms with E-state index in [-0.39, 0.29) is 5.91 Å². The average Bonchev–Trinajstić information content (AvgIpc) is 3.27. The van der Waals surface area contributed by atoms with Crippen LogP contribution < -0.4 is 10.1 Å². The molecular formula is C31H36ClN3O2. The van der Waals surface area contributed by atoms with Crippen LogP contribution in [0.4, 0.5) is 0 Å². The fourth-order valence-corrected chi connectivity index (χ4v) is 4.55. The zero-order valence-electron chi connectivity index (χ0n) is 21.8. The summed E-state index contributed by atoms with van der Waals surface area (Å²) in [4.78, 5) is 17.2. The van der Waals surface area contributed by atoms with Gasteiger partial charge in [-0.25, -0.2) is 4.98 Å². The average molecular weight is 518 g/mol. The Morgan fingerprint density at radius 2 is 1.78 bits per heavy atom. The van der Waals surface area contributed by atoms with Crippen molar-refractivity contribution < 1.29 is 9.53 Å². The molecule has 0 spiro atoms. The lowest BCUT2D eigenvalue weighted by atomic mass is 9.99. The Kier molecular flexibility index (Phi) is 9.61. The molecular weight excluding hydrogens is 482 g/mol. The smallest absolute Gasteiger partial charge is 0.224 e. The fourth-order valence-electron chi connectivity index (χ4n) is 4.42. The Bertz CT molecular complexity index is 1280. The first kappa shape index (κ1) is 26.7. The largest absolute Gasteiger partial charge is 0.494 e. The van der Waals surface area contributed by atoms with Gasteiger partial charge in [0.15, 0.2) is 0 Å². The van der Waals surface area contributed by atoms with Gasteiger partial charge in [-0.2, -0.15) is 0 Å². The van der Waals surface area contributed by atoms with Gasteiger partial charge in [0.25, 0.3) is 0 Å². The second kappa shape index (κ2) is 13.3. The van der Waals surface area contributed by atoms with Gasteiger partial charge in [-0.3, -0.25) is 4.79 Å². The van der Waals surface area contributed by atoms with E-state index in [4.69, 9.17) is 21.3 Å². The number of para-hydroxylation sites is 2. The van der Waals surface area contributed by atoms with E-state index < -0.39 is 0 Å². The summed E-state index contributed by atoms with van der Waals surface area (Å²) in [6, 6.07) is 24.1. The number of aromatic nitrogens is 2. The monoisotopic (exact) mass is 517 g/mol. The molecule has 1 heterocycles. The van der Waals surface area contributed by atoms with Crippen molar-refractivity contribution in [3.8, 4) is 5.75 Å². The number of unbranched alkanes of at least 4 members (excludes halogenated alkanes) is 1. The molecule has 0 aliphatic carbocycles. The van der Waals surface area contributed by atoms with Crippen LogP contribution in [0.3, 0.4) is 0 Å². The van der Waals surface area contributed by atoms with Gasteiger partial charge < -0.3 is 14.6 Å². The minimum atomic E-state index is -0.000633. The summed E-state index contributed by atoms with van der Waals surface area (Å²) in [5, 5.41) is 3.70. The number of imidazole rings is 1. The number of benzene rings is 3. The van der Waals surface area contributed by atoms with Crippen molar-refractivity contribution in [3.05, 3.63) is 94.8 Å². The van der Waals surface area contributed by atoms with E-state index >= 15 is 0 Å². The van der Waals surface area contributed by atoms with Crippen molar-refractivity contribution in [2.75, 3.05) is 13.2 Å². The third-order valence-corrected chi connectivity index (χ3v) is 7.04. The quantitative estimate of drug-likeness (QED) is 0.195. The molecule has 3 aromatic carbocycles. The molecule has 1 amide bonds. The SMILES string of the molecule is CCC(C)c1ccc(OCCCCn2c(CCNC(=O)Cc3ccc(Cl)cc3)nc3ccccc32)cc1. The lowest BCUT2D eigenvalue weighted by Crippen LogP contribution is -2.28. The maximum atomic E-state index is 12.4. The molecule has 0 saturated carbocycles. The van der Waals surface area contributed by atoms with E-state index in [1.165, 1.54) is 5.56 Å². The number of nitrogens with one attached hydrogen (secondary N) is 1. The molecule has 5 nitrogen and oxygen atoms in total. The highest BCUT2D eigenvalue weighted by Gasteiger charge is 2.11. The molecule has 4 rings (SSSR count). The third-order valence-electron chi connectivity index (χ3n) is 6.79. The Labute approximate surface area is 224 Å². The Morgan fingerprint density at radius 1 is 1.03 bits per heavy atom. The molecule has 1 atom stereocenters. The number of ether oxygens (including phenoxy) is 1. The van der Waals surface area contributed by atoms with Gasteiger partial charge in [0, 0.05) is 24.5 Å². The predicted molar refractivity (Wildman–Crippen MR) is 151 cm³/mol. The number of rotatable bonds is 13. The first-order valence-corrected chi connectivity index (χ1v) is 13.6. The van der Waals surface area contributed by atoms with E-state index in [2.05, 4.69) is 54.1 Å². The van der Waals surface area contributed by atoms with E-state index in [1.807, 2.05) is 30.3 Å². The highest BCUT2D eigenvalue weighted by molar-refractivity contribution is 6.30. The van der Waals surface area contributed by atoms with Crippen molar-refractivity contribution >= 4 is 28.5 Å². The minimum Gasteiger partial charge on any atom is -0.494 e. The van der Waals surface area contributed by atoms with Gasteiger partial charge in [-0.05, 0) is 72.7 Å². The second-order valence-electron chi connectivity index (χ2n) is 9.51. The standard InChI is InChI=1S/C31H36ClN3O2/c1-3-23(2)25-12-16-27(17-13-25)37-21-7-6-20-35-29-9-5-4-8-28(29)34-30(35)18-19-33-31(36)22-24-10-14-26(32)15-11-24/h4-5,8-17,23H,3,6-7,18-22H2,1-2H3,(H,33,36). The Hall–Kier alpha value is -3.31. The number of amides is 1. The van der Waals surface area contributed by atoms with Gasteiger partial charge >= 0.3 is 0 Å². The normalized spacial score (nSPS) is 12.0. The van der Waals surface area contributed by atoms with Gasteiger partial charge in [0.1, 0.15) is 11.6 Å². The zero-order chi connectivity index (χ0) is 26.0. The molecule has 0 fully saturated rings. The molecule has 6 heteroatoms. The number of fused-ring (bicyclic) bond motifs is 1. The Balaban J connectivity index is 1.27. The van der Waals surface area contributed by atoms with Crippen molar-refractivity contribution in [1.82, 2.24) is 14.9 Å². The molecule has 0 saturated heterocycles. The molecule has 37 heavy (non-hydrogen) atoms. The molecule has 0 aliphatic rings. The predicted octanol–water partition coefficient (Wildman–Crippen LogP) is 6.96. The first-order chi connectivity index (χ1) is 18.0. The number of halogens is 1. The Morgan fingerprint density at radius 3 is 2.54 bits per heavy atom. The summed E-state index contributed by atoms with van der Waals surface area (Å²) in [6.07, 6.45) is 4.10. The van der Waals surface area contributed by atoms with Gasteiger partial charge in [0.2, 0.25) is 5.91 Å². The van der Waals surface area contributed by atoms with Crippen molar-refractivity contribution in [1.29, 1.82) is 0 Å². The molecule has 1 N–H and O–H groups in total. The fraction of sp³-hybridized carbons (Fsp3) is 0.355. The number of hydrogen-bond acceptors (Lipinski definition) is 3. The van der Waals surface area contributed by atoms with Crippen LogP contribution in [0.1, 0.15) is 56.0 Å². The summed E-state index contributed by atoms with van der Waals surface area (Å²) in [5.74, 6) is 2.49. The van der Waals surface area contributed by atoms with Crippen LogP contribution >= 0.6 is 11.6 Å². The topological polar surface area (TPSA) is 56.1 Å². The van der Waals surface area contributed by atoms with Crippen molar-refractivity contribution in [3.63, 3.8) is 0 Å². The van der Waals surface area contributed by atoms with E-state index in [9.17, 15) is 4.79 Å². The maximum Gasteiger partial charge on any atom is 0.224 e. The van der Waals surface area contributed by atoms with Crippen LogP contribution in [-0.2, 0) is 24.2 Å². The summed E-state index contributed by atoms with van der Waals surface area (Å²) in [7, 11) is 0. The zero-order valence-corrected chi connectivity index (χ0v) is 22.5. The van der Waals surface area contributed by atoms with Crippen LogP contribution in [0.15, 0.2) is 72.8 Å². The molecule has 0 radical (unpaired) electrons. The lowest BCUT2D eigenvalue weighted by molar-refractivity contribution is -0.120. The third kappa shape index (κ3) is 7.59. The minimum absolute atomic E-state index is 0.000633. The molecule has 194 valence electrons. The van der Waals surface area contributed by atoms with Gasteiger partial charge in [-0.15, -0.1) is 0 Å². The van der Waals surface area contributed by atoms with Crippen LogP contribution in [0.2, 0.25) is 5.02 Å². The van der Waals surface area contributed by atoms with E-state index in [0.717, 1.165) is 54.0 Å². The highest BCUT2D eigenvalue weighted by Crippen LogP contribution is 2.22. The summed E-state index contributed by atoms with van der Waals surface area (Å²) in [6.45, 7) is 6.56. The second-order valence-corrected chi connectivity index (χ2v) is 9.94. The number of hydrogen-bond donors (Lipinski definition) is 1. The summed E-state index contributed by atoms with van der Waals surface area (Å²) in [5.41, 5.74) is 4.42. The highest BCUT2D eigenvalue weighted by atomic mass is 35.5. The summed E-state index contributed by atoms with van der Waals surface area (Å²) < 4.78 is 8.26. The number of aryl methyl sites for hydroxylation is 1. The molecule has 1 aromatic heterocycles. The number of nitrogens with zero attached hydrogens (tertiary/aromatic N) is 2. The summed E-state index contributed by atoms with van der Waals surface area (Å²) >= 11 is 5.93. The number of carbonyl (C=O) groups is 1. The molecule has 0 aliphatic heterocycles. The van der Waals surface area contributed by atoms with Crippen LogP contribution in [0.25, 0.3) is 11.0 Å². The van der Waals surface area contributed by atoms with Crippen LogP contribution in [0.5, 0.6) is 5.75 Å². The van der Waals surface area contributed by atoms with E-state index in [1.54, 1.807) is 12.1 Å². The van der Waals surface area contributed by atoms with Gasteiger partial charge in [0.05, 0.1) is 24.1 Å². The van der Waals surface area contributed by atoms with Crippen molar-refractivity contribution in [2.24, 2.45) is 0 Å². The molecule has 4 aromatic rings. The molecule has 1 unspecified atom stereocenters. The van der Waals surface area contributed by atoms with Gasteiger partial charge in [-0.1, -0.05) is 61.8 Å². The van der Waals surface area contributed by atoms with Crippen LogP contribution in [-0.4, -0.2) is 28.6 Å². The lowest BCUT2D eigenvalue weighted by Gasteiger charge is -2.12. The maximum absolute atomic E-state index is 12.4. The molecule has 0 bridgehead atoms. The first-order valence-electron chi connectivity index (χ1n) is 13.2. The number of carbonyl (C=O) groups excluding carboxylic acids is 1. The van der Waals surface area contributed by atoms with Crippen molar-refractivity contribution in [2.45, 2.75) is 58.4 Å². The van der Waals surface area contributed by atoms with Crippen LogP contribution in [0, 0.1) is 0 Å². The van der Waals surface area contributed by atoms with E-state index in [0.29, 0.717) is 36.9 Å².